The van der Waals surface area contributed by atoms with Crippen LogP contribution in [0.15, 0.2) is 35.5 Å². The topological polar surface area (TPSA) is 114 Å². The molecule has 0 radical (unpaired) electrons. The Hall–Kier alpha value is -2.55. The number of aromatic amines is 1. The summed E-state index contributed by atoms with van der Waals surface area (Å²) in [5.74, 6) is 0.424. The molecule has 0 saturated carbocycles. The molecular formula is C13H14N6O2S. The maximum Gasteiger partial charge on any atom is 0.263 e. The maximum absolute atomic E-state index is 12.4. The summed E-state index contributed by atoms with van der Waals surface area (Å²) in [6.07, 6.45) is 1.23. The smallest absolute Gasteiger partial charge is 0.261 e. The lowest BCUT2D eigenvalue weighted by molar-refractivity contribution is 0.601. The van der Waals surface area contributed by atoms with Crippen molar-refractivity contribution in [2.24, 2.45) is 0 Å². The molecule has 22 heavy (non-hydrogen) atoms. The molecule has 0 atom stereocenters. The van der Waals surface area contributed by atoms with E-state index < -0.39 is 10.0 Å². The first-order valence-corrected chi connectivity index (χ1v) is 8.10. The van der Waals surface area contributed by atoms with E-state index in [2.05, 4.69) is 30.1 Å². The second kappa shape index (κ2) is 5.34. The van der Waals surface area contributed by atoms with Crippen LogP contribution >= 0.6 is 0 Å². The van der Waals surface area contributed by atoms with Gasteiger partial charge in [0.05, 0.1) is 4.90 Å². The number of sulfonamides is 1. The summed E-state index contributed by atoms with van der Waals surface area (Å²) in [4.78, 5) is 7.96. The Bertz CT molecular complexity index is 902. The number of fused-ring (bicyclic) bond motifs is 1. The molecule has 3 aromatic rings. The summed E-state index contributed by atoms with van der Waals surface area (Å²) in [6.45, 7) is 4.09. The van der Waals surface area contributed by atoms with Gasteiger partial charge in [0.1, 0.15) is 6.33 Å². The number of nitrogens with zero attached hydrogens (tertiary/aromatic N) is 4. The molecule has 1 aromatic carbocycles. The lowest BCUT2D eigenvalue weighted by Gasteiger charge is -2.09. The lowest BCUT2D eigenvalue weighted by Crippen LogP contribution is -2.14. The molecule has 2 aromatic heterocycles. The second-order valence-electron chi connectivity index (χ2n) is 5.05. The molecule has 0 saturated heterocycles. The Morgan fingerprint density at radius 1 is 1.09 bits per heavy atom. The molecule has 114 valence electrons. The van der Waals surface area contributed by atoms with Crippen LogP contribution in [-0.2, 0) is 10.0 Å². The lowest BCUT2D eigenvalue weighted by atomic mass is 10.0. The van der Waals surface area contributed by atoms with E-state index in [9.17, 15) is 8.42 Å². The van der Waals surface area contributed by atoms with E-state index in [-0.39, 0.29) is 16.2 Å². The molecule has 0 amide bonds. The van der Waals surface area contributed by atoms with Gasteiger partial charge in [-0.1, -0.05) is 26.0 Å². The number of nitrogens with one attached hydrogen (secondary N) is 2. The monoisotopic (exact) mass is 318 g/mol. The highest BCUT2D eigenvalue weighted by atomic mass is 32.2. The Labute approximate surface area is 127 Å². The first-order chi connectivity index (χ1) is 10.5. The van der Waals surface area contributed by atoms with Crippen molar-refractivity contribution >= 4 is 27.0 Å². The molecular weight excluding hydrogens is 304 g/mol. The van der Waals surface area contributed by atoms with Crippen LogP contribution in [0.1, 0.15) is 25.3 Å². The fourth-order valence-corrected chi connectivity index (χ4v) is 2.99. The number of hydrogen-bond acceptors (Lipinski definition) is 6. The molecule has 0 aliphatic carbocycles. The molecule has 2 N–H and O–H groups in total. The summed E-state index contributed by atoms with van der Waals surface area (Å²) in [7, 11) is -3.75. The highest BCUT2D eigenvalue weighted by Gasteiger charge is 2.18. The van der Waals surface area contributed by atoms with Crippen LogP contribution in [0.3, 0.4) is 0 Å². The van der Waals surface area contributed by atoms with Gasteiger partial charge in [0.2, 0.25) is 5.65 Å². The van der Waals surface area contributed by atoms with Gasteiger partial charge in [-0.05, 0) is 23.6 Å². The number of aromatic nitrogens is 5. The van der Waals surface area contributed by atoms with E-state index in [1.807, 2.05) is 13.8 Å². The number of anilines is 1. The van der Waals surface area contributed by atoms with Crippen molar-refractivity contribution in [2.75, 3.05) is 4.72 Å². The Balaban J connectivity index is 1.95. The molecule has 0 aliphatic rings. The van der Waals surface area contributed by atoms with E-state index >= 15 is 0 Å². The van der Waals surface area contributed by atoms with Crippen LogP contribution in [0, 0.1) is 0 Å². The average molecular weight is 318 g/mol. The minimum atomic E-state index is -3.75. The van der Waals surface area contributed by atoms with E-state index in [0.717, 1.165) is 5.56 Å². The van der Waals surface area contributed by atoms with Gasteiger partial charge in [0.15, 0.2) is 11.3 Å². The molecule has 3 rings (SSSR count). The zero-order chi connectivity index (χ0) is 15.7. The quantitative estimate of drug-likeness (QED) is 0.756. The Morgan fingerprint density at radius 2 is 1.82 bits per heavy atom. The Kier molecular flexibility index (Phi) is 3.49. The molecule has 2 heterocycles. The summed E-state index contributed by atoms with van der Waals surface area (Å²) < 4.78 is 27.2. The van der Waals surface area contributed by atoms with Gasteiger partial charge in [-0.25, -0.2) is 18.4 Å². The third-order valence-electron chi connectivity index (χ3n) is 3.21. The fourth-order valence-electron chi connectivity index (χ4n) is 1.97. The van der Waals surface area contributed by atoms with Crippen molar-refractivity contribution in [3.05, 3.63) is 36.2 Å². The molecule has 0 bridgehead atoms. The average Bonchev–Trinajstić information content (AvgIpc) is 2.96. The van der Waals surface area contributed by atoms with Crippen LogP contribution in [0.25, 0.3) is 11.2 Å². The van der Waals surface area contributed by atoms with E-state index in [0.29, 0.717) is 11.6 Å². The Morgan fingerprint density at radius 3 is 2.50 bits per heavy atom. The van der Waals surface area contributed by atoms with Crippen LogP contribution < -0.4 is 4.72 Å². The molecule has 0 aliphatic heterocycles. The highest BCUT2D eigenvalue weighted by Crippen LogP contribution is 2.21. The van der Waals surface area contributed by atoms with Crippen molar-refractivity contribution in [3.63, 3.8) is 0 Å². The summed E-state index contributed by atoms with van der Waals surface area (Å²) in [5, 5.41) is 10.0. The second-order valence-corrected chi connectivity index (χ2v) is 6.73. The number of benzene rings is 1. The molecule has 8 nitrogen and oxygen atoms in total. The number of H-pyrrole nitrogens is 1. The van der Waals surface area contributed by atoms with Crippen LogP contribution in [0.5, 0.6) is 0 Å². The third kappa shape index (κ3) is 2.62. The van der Waals surface area contributed by atoms with Gasteiger partial charge in [0, 0.05) is 0 Å². The first-order valence-electron chi connectivity index (χ1n) is 6.61. The van der Waals surface area contributed by atoms with E-state index in [1.54, 1.807) is 24.3 Å². The minimum Gasteiger partial charge on any atom is -0.261 e. The fraction of sp³-hybridized carbons (Fsp3) is 0.231. The van der Waals surface area contributed by atoms with Crippen LogP contribution in [-0.4, -0.2) is 33.8 Å². The number of rotatable bonds is 4. The van der Waals surface area contributed by atoms with Crippen molar-refractivity contribution < 1.29 is 8.42 Å². The van der Waals surface area contributed by atoms with Crippen molar-refractivity contribution in [1.82, 2.24) is 25.4 Å². The van der Waals surface area contributed by atoms with Crippen molar-refractivity contribution in [2.45, 2.75) is 24.7 Å². The van der Waals surface area contributed by atoms with E-state index in [4.69, 9.17) is 0 Å². The SMILES string of the molecule is CC(C)c1ccc(S(=O)(=O)Nc2ncnc3n[nH]nc23)cc1. The summed E-state index contributed by atoms with van der Waals surface area (Å²) in [6, 6.07) is 6.73. The predicted octanol–water partition coefficient (Wildman–Crippen LogP) is 1.67. The van der Waals surface area contributed by atoms with Crippen molar-refractivity contribution in [3.8, 4) is 0 Å². The predicted molar refractivity (Wildman–Crippen MR) is 80.8 cm³/mol. The molecule has 9 heteroatoms. The van der Waals surface area contributed by atoms with E-state index in [1.165, 1.54) is 6.33 Å². The first kappa shape index (κ1) is 14.4. The van der Waals surface area contributed by atoms with Crippen LogP contribution in [0.4, 0.5) is 5.82 Å². The summed E-state index contributed by atoms with van der Waals surface area (Å²) in [5.41, 5.74) is 1.63. The van der Waals surface area contributed by atoms with Gasteiger partial charge in [-0.3, -0.25) is 4.72 Å². The largest absolute Gasteiger partial charge is 0.263 e. The molecule has 0 fully saturated rings. The maximum atomic E-state index is 12.4. The van der Waals surface area contributed by atoms with Gasteiger partial charge >= 0.3 is 0 Å². The number of hydrogen-bond donors (Lipinski definition) is 2. The van der Waals surface area contributed by atoms with Gasteiger partial charge in [-0.2, -0.15) is 10.3 Å². The molecule has 0 unspecified atom stereocenters. The van der Waals surface area contributed by atoms with Gasteiger partial charge < -0.3 is 0 Å². The third-order valence-corrected chi connectivity index (χ3v) is 4.56. The minimum absolute atomic E-state index is 0.0895. The molecule has 0 spiro atoms. The summed E-state index contributed by atoms with van der Waals surface area (Å²) >= 11 is 0. The van der Waals surface area contributed by atoms with Gasteiger partial charge in [0.25, 0.3) is 10.0 Å². The van der Waals surface area contributed by atoms with Crippen molar-refractivity contribution in [1.29, 1.82) is 0 Å². The van der Waals surface area contributed by atoms with Crippen LogP contribution in [0.2, 0.25) is 0 Å². The normalized spacial score (nSPS) is 12.0. The zero-order valence-corrected chi connectivity index (χ0v) is 12.8. The van der Waals surface area contributed by atoms with Gasteiger partial charge in [-0.15, -0.1) is 5.10 Å². The zero-order valence-electron chi connectivity index (χ0n) is 12.0. The highest BCUT2D eigenvalue weighted by molar-refractivity contribution is 7.92. The standard InChI is InChI=1S/C13H14N6O2S/c1-8(2)9-3-5-10(6-4-9)22(20,21)18-13-11-12(14-7-15-13)17-19-16-11/h3-8H,1-2H3,(H2,14,15,16,17,18,19).